The van der Waals surface area contributed by atoms with E-state index in [1.54, 1.807) is 18.2 Å². The minimum atomic E-state index is -0.574. The molecule has 0 saturated carbocycles. The molecule has 104 valence electrons. The van der Waals surface area contributed by atoms with E-state index in [2.05, 4.69) is 5.32 Å². The zero-order chi connectivity index (χ0) is 14.5. The summed E-state index contributed by atoms with van der Waals surface area (Å²) in [6, 6.07) is 11.2. The predicted molar refractivity (Wildman–Crippen MR) is 76.9 cm³/mol. The topological polar surface area (TPSA) is 38.3 Å². The van der Waals surface area contributed by atoms with Crippen LogP contribution in [0.4, 0.5) is 10.1 Å². The second-order valence-corrected chi connectivity index (χ2v) is 4.40. The minimum Gasteiger partial charge on any atom is -0.494 e. The van der Waals surface area contributed by atoms with Gasteiger partial charge in [-0.3, -0.25) is 4.79 Å². The van der Waals surface area contributed by atoms with Crippen LogP contribution in [0.25, 0.3) is 0 Å². The fourth-order valence-electron chi connectivity index (χ4n) is 1.74. The van der Waals surface area contributed by atoms with Crippen molar-refractivity contribution < 1.29 is 13.9 Å². The number of benzene rings is 2. The summed E-state index contributed by atoms with van der Waals surface area (Å²) < 4.78 is 18.4. The van der Waals surface area contributed by atoms with Crippen molar-refractivity contribution >= 4 is 23.2 Å². The van der Waals surface area contributed by atoms with Crippen LogP contribution in [-0.2, 0) is 5.88 Å². The number of halogens is 2. The molecule has 0 aliphatic rings. The Bertz CT molecular complexity index is 631. The van der Waals surface area contributed by atoms with Crippen molar-refractivity contribution in [3.05, 3.63) is 59.4 Å². The summed E-state index contributed by atoms with van der Waals surface area (Å²) in [5.74, 6) is -0.500. The van der Waals surface area contributed by atoms with Crippen molar-refractivity contribution in [2.45, 2.75) is 5.88 Å². The monoisotopic (exact) mass is 293 g/mol. The SMILES string of the molecule is COc1ccc(C(=O)Nc2cccc(CCl)c2)cc1F. The summed E-state index contributed by atoms with van der Waals surface area (Å²) in [6.07, 6.45) is 0. The maximum absolute atomic E-state index is 13.5. The third-order valence-corrected chi connectivity index (χ3v) is 3.06. The molecule has 2 aromatic rings. The lowest BCUT2D eigenvalue weighted by molar-refractivity contribution is 0.102. The van der Waals surface area contributed by atoms with Gasteiger partial charge < -0.3 is 10.1 Å². The van der Waals surface area contributed by atoms with Gasteiger partial charge in [-0.15, -0.1) is 11.6 Å². The Morgan fingerprint density at radius 2 is 2.10 bits per heavy atom. The first kappa shape index (κ1) is 14.3. The van der Waals surface area contributed by atoms with Crippen LogP contribution in [0.15, 0.2) is 42.5 Å². The fourth-order valence-corrected chi connectivity index (χ4v) is 1.91. The van der Waals surface area contributed by atoms with Crippen molar-refractivity contribution in [1.29, 1.82) is 0 Å². The normalized spacial score (nSPS) is 10.2. The van der Waals surface area contributed by atoms with Crippen LogP contribution < -0.4 is 10.1 Å². The summed E-state index contributed by atoms with van der Waals surface area (Å²) in [7, 11) is 1.37. The van der Waals surface area contributed by atoms with E-state index in [-0.39, 0.29) is 11.3 Å². The Morgan fingerprint density at radius 1 is 1.30 bits per heavy atom. The highest BCUT2D eigenvalue weighted by Gasteiger charge is 2.10. The average Bonchev–Trinajstić information content (AvgIpc) is 2.47. The zero-order valence-electron chi connectivity index (χ0n) is 10.8. The number of rotatable bonds is 4. The molecular weight excluding hydrogens is 281 g/mol. The third-order valence-electron chi connectivity index (χ3n) is 2.75. The van der Waals surface area contributed by atoms with Gasteiger partial charge in [-0.25, -0.2) is 4.39 Å². The first-order valence-electron chi connectivity index (χ1n) is 5.94. The van der Waals surface area contributed by atoms with Crippen molar-refractivity contribution in [3.8, 4) is 5.75 Å². The second-order valence-electron chi connectivity index (χ2n) is 4.14. The lowest BCUT2D eigenvalue weighted by Gasteiger charge is -2.08. The van der Waals surface area contributed by atoms with Gasteiger partial charge in [-0.2, -0.15) is 0 Å². The third kappa shape index (κ3) is 3.27. The van der Waals surface area contributed by atoms with Gasteiger partial charge in [0, 0.05) is 17.1 Å². The number of methoxy groups -OCH3 is 1. The van der Waals surface area contributed by atoms with E-state index >= 15 is 0 Å². The molecule has 0 saturated heterocycles. The zero-order valence-corrected chi connectivity index (χ0v) is 11.6. The van der Waals surface area contributed by atoms with Crippen LogP contribution in [0.1, 0.15) is 15.9 Å². The molecule has 0 radical (unpaired) electrons. The summed E-state index contributed by atoms with van der Waals surface area (Å²) >= 11 is 5.73. The lowest BCUT2D eigenvalue weighted by Crippen LogP contribution is -2.12. The molecule has 2 aromatic carbocycles. The van der Waals surface area contributed by atoms with E-state index in [1.807, 2.05) is 6.07 Å². The van der Waals surface area contributed by atoms with E-state index in [0.29, 0.717) is 11.6 Å². The molecular formula is C15H13ClFNO2. The summed E-state index contributed by atoms with van der Waals surface area (Å²) in [5.41, 5.74) is 1.73. The van der Waals surface area contributed by atoms with E-state index in [0.717, 1.165) is 11.6 Å². The number of alkyl halides is 1. The van der Waals surface area contributed by atoms with Gasteiger partial charge in [0.1, 0.15) is 0 Å². The van der Waals surface area contributed by atoms with Crippen molar-refractivity contribution in [2.75, 3.05) is 12.4 Å². The molecule has 1 amide bonds. The Labute approximate surface area is 121 Å². The number of carbonyl (C=O) groups is 1. The molecule has 0 aromatic heterocycles. The average molecular weight is 294 g/mol. The smallest absolute Gasteiger partial charge is 0.255 e. The molecule has 0 aliphatic carbocycles. The molecule has 0 unspecified atom stereocenters. The molecule has 0 bridgehead atoms. The van der Waals surface area contributed by atoms with Crippen molar-refractivity contribution in [2.24, 2.45) is 0 Å². The van der Waals surface area contributed by atoms with Crippen LogP contribution in [0, 0.1) is 5.82 Å². The molecule has 0 aliphatic heterocycles. The number of ether oxygens (including phenoxy) is 1. The molecule has 3 nitrogen and oxygen atoms in total. The van der Waals surface area contributed by atoms with E-state index in [1.165, 1.54) is 19.2 Å². The molecule has 5 heteroatoms. The van der Waals surface area contributed by atoms with Gasteiger partial charge in [-0.1, -0.05) is 12.1 Å². The van der Waals surface area contributed by atoms with E-state index in [9.17, 15) is 9.18 Å². The van der Waals surface area contributed by atoms with E-state index in [4.69, 9.17) is 16.3 Å². The number of amides is 1. The number of anilines is 1. The number of nitrogens with one attached hydrogen (secondary N) is 1. The van der Waals surface area contributed by atoms with Crippen LogP contribution >= 0.6 is 11.6 Å². The number of hydrogen-bond acceptors (Lipinski definition) is 2. The Hall–Kier alpha value is -2.07. The molecule has 1 N–H and O–H groups in total. The Morgan fingerprint density at radius 3 is 2.75 bits per heavy atom. The van der Waals surface area contributed by atoms with Gasteiger partial charge in [0.05, 0.1) is 7.11 Å². The first-order valence-corrected chi connectivity index (χ1v) is 6.47. The quantitative estimate of drug-likeness (QED) is 0.870. The van der Waals surface area contributed by atoms with Crippen LogP contribution in [-0.4, -0.2) is 13.0 Å². The van der Waals surface area contributed by atoms with Gasteiger partial charge >= 0.3 is 0 Å². The van der Waals surface area contributed by atoms with Crippen molar-refractivity contribution in [1.82, 2.24) is 0 Å². The van der Waals surface area contributed by atoms with E-state index < -0.39 is 11.7 Å². The lowest BCUT2D eigenvalue weighted by atomic mass is 10.1. The van der Waals surface area contributed by atoms with Gasteiger partial charge in [0.2, 0.25) is 0 Å². The fraction of sp³-hybridized carbons (Fsp3) is 0.133. The minimum absolute atomic E-state index is 0.102. The highest BCUT2D eigenvalue weighted by atomic mass is 35.5. The summed E-state index contributed by atoms with van der Waals surface area (Å²) in [4.78, 5) is 12.0. The highest BCUT2D eigenvalue weighted by molar-refractivity contribution is 6.17. The van der Waals surface area contributed by atoms with Crippen molar-refractivity contribution in [3.63, 3.8) is 0 Å². The standard InChI is InChI=1S/C15H13ClFNO2/c1-20-14-6-5-11(8-13(14)17)15(19)18-12-4-2-3-10(7-12)9-16/h2-8H,9H2,1H3,(H,18,19). The van der Waals surface area contributed by atoms with Crippen LogP contribution in [0.5, 0.6) is 5.75 Å². The number of hydrogen-bond donors (Lipinski definition) is 1. The van der Waals surface area contributed by atoms with Gasteiger partial charge in [-0.05, 0) is 35.9 Å². The molecule has 0 spiro atoms. The highest BCUT2D eigenvalue weighted by Crippen LogP contribution is 2.19. The predicted octanol–water partition coefficient (Wildman–Crippen LogP) is 3.83. The largest absolute Gasteiger partial charge is 0.494 e. The Kier molecular flexibility index (Phi) is 4.58. The van der Waals surface area contributed by atoms with Crippen LogP contribution in [0.2, 0.25) is 0 Å². The summed E-state index contributed by atoms with van der Waals surface area (Å²) in [5, 5.41) is 2.69. The maximum Gasteiger partial charge on any atom is 0.255 e. The molecule has 0 fully saturated rings. The second kappa shape index (κ2) is 6.39. The molecule has 2 rings (SSSR count). The summed E-state index contributed by atoms with van der Waals surface area (Å²) in [6.45, 7) is 0. The van der Waals surface area contributed by atoms with Gasteiger partial charge in [0.15, 0.2) is 11.6 Å². The molecule has 0 heterocycles. The molecule has 0 atom stereocenters. The molecule has 20 heavy (non-hydrogen) atoms. The Balaban J connectivity index is 2.17. The maximum atomic E-state index is 13.5. The van der Waals surface area contributed by atoms with Gasteiger partial charge in [0.25, 0.3) is 5.91 Å². The van der Waals surface area contributed by atoms with Crippen LogP contribution in [0.3, 0.4) is 0 Å². The first-order chi connectivity index (χ1) is 9.63. The number of carbonyl (C=O) groups excluding carboxylic acids is 1.